The molecule has 1 aliphatic heterocycles. The molecule has 0 spiro atoms. The molecule has 146 valence electrons. The molecule has 27 heavy (non-hydrogen) atoms. The van der Waals surface area contributed by atoms with Crippen LogP contribution in [0.4, 0.5) is 4.79 Å². The van der Waals surface area contributed by atoms with Gasteiger partial charge in [0, 0.05) is 34.9 Å². The van der Waals surface area contributed by atoms with Crippen LogP contribution in [-0.4, -0.2) is 53.2 Å². The minimum atomic E-state index is -0.0699. The van der Waals surface area contributed by atoms with Crippen molar-refractivity contribution in [2.45, 2.75) is 45.1 Å². The summed E-state index contributed by atoms with van der Waals surface area (Å²) in [6.07, 6.45) is 3.48. The molecule has 1 N–H and O–H groups in total. The lowest BCUT2D eigenvalue weighted by molar-refractivity contribution is 0.157. The largest absolute Gasteiger partial charge is 0.336 e. The van der Waals surface area contributed by atoms with E-state index in [0.29, 0.717) is 25.0 Å². The molecule has 2 amide bonds. The lowest BCUT2D eigenvalue weighted by Crippen LogP contribution is -2.44. The van der Waals surface area contributed by atoms with E-state index >= 15 is 0 Å². The van der Waals surface area contributed by atoms with Crippen LogP contribution in [-0.2, 0) is 6.42 Å². The van der Waals surface area contributed by atoms with Crippen molar-refractivity contribution in [3.05, 3.63) is 32.3 Å². The number of carbonyl (C=O) groups excluding carboxylic acids is 1. The maximum atomic E-state index is 12.7. The first-order valence-electron chi connectivity index (χ1n) is 9.74. The average Bonchev–Trinajstić information content (AvgIpc) is 2.90. The molecule has 1 aliphatic carbocycles. The number of amides is 2. The van der Waals surface area contributed by atoms with Gasteiger partial charge in [0.2, 0.25) is 0 Å². The lowest BCUT2D eigenvalue weighted by atomic mass is 9.75. The summed E-state index contributed by atoms with van der Waals surface area (Å²) in [5, 5.41) is 1.31. The Morgan fingerprint density at radius 1 is 1.30 bits per heavy atom. The van der Waals surface area contributed by atoms with Crippen molar-refractivity contribution in [3.63, 3.8) is 0 Å². The standard InChI is InChI=1S/C20H26Br2N4O/c1-4-25(5-2)20(27)23-26-17-10-12(21)9-14-13-7-6-8-24(3)16(13)11-15(18(14)17)19(26)22/h9-10,13,16H,4-8,11H2,1-3H3,(H,23,27)/t13-,16-/m1/s1. The smallest absolute Gasteiger partial charge is 0.324 e. The molecule has 1 aromatic carbocycles. The van der Waals surface area contributed by atoms with Gasteiger partial charge in [-0.1, -0.05) is 15.9 Å². The summed E-state index contributed by atoms with van der Waals surface area (Å²) in [7, 11) is 2.24. The normalized spacial score (nSPS) is 22.0. The van der Waals surface area contributed by atoms with Crippen molar-refractivity contribution in [3.8, 4) is 0 Å². The third kappa shape index (κ3) is 3.12. The Labute approximate surface area is 177 Å². The fourth-order valence-electron chi connectivity index (χ4n) is 4.82. The maximum Gasteiger partial charge on any atom is 0.336 e. The first-order valence-corrected chi connectivity index (χ1v) is 11.3. The number of aromatic nitrogens is 1. The van der Waals surface area contributed by atoms with Crippen LogP contribution in [0.5, 0.6) is 0 Å². The molecule has 1 aromatic heterocycles. The molecular weight excluding hydrogens is 472 g/mol. The number of fused-ring (bicyclic) bond motifs is 2. The number of nitrogens with one attached hydrogen (secondary N) is 1. The van der Waals surface area contributed by atoms with Crippen LogP contribution in [0.3, 0.4) is 0 Å². The molecule has 2 aromatic rings. The highest BCUT2D eigenvalue weighted by molar-refractivity contribution is 9.10. The molecule has 2 heterocycles. The summed E-state index contributed by atoms with van der Waals surface area (Å²) in [6, 6.07) is 4.85. The van der Waals surface area contributed by atoms with Gasteiger partial charge in [-0.25, -0.2) is 14.9 Å². The van der Waals surface area contributed by atoms with Crippen molar-refractivity contribution < 1.29 is 4.79 Å². The minimum Gasteiger partial charge on any atom is -0.324 e. The summed E-state index contributed by atoms with van der Waals surface area (Å²) >= 11 is 7.51. The van der Waals surface area contributed by atoms with Gasteiger partial charge in [0.15, 0.2) is 0 Å². The third-order valence-corrected chi connectivity index (χ3v) is 7.52. The minimum absolute atomic E-state index is 0.0699. The first-order chi connectivity index (χ1) is 13.0. The predicted molar refractivity (Wildman–Crippen MR) is 117 cm³/mol. The van der Waals surface area contributed by atoms with E-state index in [2.05, 4.69) is 61.4 Å². The van der Waals surface area contributed by atoms with Gasteiger partial charge in [-0.2, -0.15) is 0 Å². The zero-order valence-electron chi connectivity index (χ0n) is 16.1. The Kier molecular flexibility index (Phi) is 5.29. The molecule has 0 radical (unpaired) electrons. The number of piperidine rings is 1. The van der Waals surface area contributed by atoms with Crippen LogP contribution in [0, 0.1) is 0 Å². The second kappa shape index (κ2) is 7.41. The molecule has 0 bridgehead atoms. The second-order valence-electron chi connectivity index (χ2n) is 7.58. The maximum absolute atomic E-state index is 12.7. The number of urea groups is 1. The highest BCUT2D eigenvalue weighted by Gasteiger charge is 2.38. The number of benzene rings is 1. The van der Waals surface area contributed by atoms with Gasteiger partial charge in [0.1, 0.15) is 4.60 Å². The van der Waals surface area contributed by atoms with E-state index in [1.54, 1.807) is 4.90 Å². The van der Waals surface area contributed by atoms with Crippen LogP contribution >= 0.6 is 31.9 Å². The predicted octanol–water partition coefficient (Wildman–Crippen LogP) is 4.91. The highest BCUT2D eigenvalue weighted by atomic mass is 79.9. The van der Waals surface area contributed by atoms with Gasteiger partial charge in [0.05, 0.1) is 5.52 Å². The summed E-state index contributed by atoms with van der Waals surface area (Å²) in [6.45, 7) is 6.54. The average molecular weight is 498 g/mol. The molecule has 0 unspecified atom stereocenters. The zero-order valence-corrected chi connectivity index (χ0v) is 19.2. The summed E-state index contributed by atoms with van der Waals surface area (Å²) in [4.78, 5) is 17.0. The fourth-order valence-corrected chi connectivity index (χ4v) is 5.93. The summed E-state index contributed by atoms with van der Waals surface area (Å²) in [5.41, 5.74) is 6.89. The topological polar surface area (TPSA) is 40.5 Å². The van der Waals surface area contributed by atoms with E-state index in [1.807, 2.05) is 18.5 Å². The monoisotopic (exact) mass is 496 g/mol. The van der Waals surface area contributed by atoms with Crippen LogP contribution in [0.2, 0.25) is 0 Å². The van der Waals surface area contributed by atoms with Crippen LogP contribution in [0.25, 0.3) is 10.9 Å². The molecule has 7 heteroatoms. The Morgan fingerprint density at radius 3 is 2.74 bits per heavy atom. The van der Waals surface area contributed by atoms with Crippen LogP contribution in [0.15, 0.2) is 21.2 Å². The highest BCUT2D eigenvalue weighted by Crippen LogP contribution is 2.47. The lowest BCUT2D eigenvalue weighted by Gasteiger charge is -2.42. The van der Waals surface area contributed by atoms with Gasteiger partial charge < -0.3 is 9.80 Å². The van der Waals surface area contributed by atoms with Crippen molar-refractivity contribution >= 4 is 48.8 Å². The van der Waals surface area contributed by atoms with E-state index in [9.17, 15) is 4.79 Å². The number of likely N-dealkylation sites (tertiary alicyclic amines) is 1. The van der Waals surface area contributed by atoms with E-state index < -0.39 is 0 Å². The Morgan fingerprint density at radius 2 is 2.04 bits per heavy atom. The Balaban J connectivity index is 1.85. The first kappa shape index (κ1) is 19.3. The van der Waals surface area contributed by atoms with Gasteiger partial charge in [-0.15, -0.1) is 0 Å². The molecule has 2 aliphatic rings. The number of rotatable bonds is 3. The van der Waals surface area contributed by atoms with Crippen molar-refractivity contribution in [2.75, 3.05) is 32.1 Å². The van der Waals surface area contributed by atoms with E-state index in [-0.39, 0.29) is 6.03 Å². The number of halogens is 2. The van der Waals surface area contributed by atoms with Gasteiger partial charge in [-0.05, 0) is 85.9 Å². The number of hydrogen-bond donors (Lipinski definition) is 1. The van der Waals surface area contributed by atoms with E-state index in [4.69, 9.17) is 0 Å². The number of likely N-dealkylation sites (N-methyl/N-ethyl adjacent to an activating group) is 1. The molecule has 4 rings (SSSR count). The second-order valence-corrected chi connectivity index (χ2v) is 9.25. The quantitative estimate of drug-likeness (QED) is 0.654. The molecule has 1 saturated heterocycles. The van der Waals surface area contributed by atoms with Crippen LogP contribution < -0.4 is 5.43 Å². The van der Waals surface area contributed by atoms with Crippen molar-refractivity contribution in [2.24, 2.45) is 0 Å². The SMILES string of the molecule is CCN(CC)C(=O)Nn1c(Br)c2c3c(cc(Br)cc31)[C@H]1CCCN(C)[C@@H]1C2. The third-order valence-electron chi connectivity index (χ3n) is 6.23. The Bertz CT molecular complexity index is 890. The van der Waals surface area contributed by atoms with Crippen molar-refractivity contribution in [1.29, 1.82) is 0 Å². The number of nitrogens with zero attached hydrogens (tertiary/aromatic N) is 3. The molecule has 2 atom stereocenters. The van der Waals surface area contributed by atoms with Gasteiger partial charge in [0.25, 0.3) is 0 Å². The Hall–Kier alpha value is -1.05. The van der Waals surface area contributed by atoms with Crippen LogP contribution in [0.1, 0.15) is 43.7 Å². The van der Waals surface area contributed by atoms with E-state index in [1.165, 1.54) is 29.4 Å². The molecule has 5 nitrogen and oxygen atoms in total. The molecule has 1 fully saturated rings. The number of carbonyl (C=O) groups is 1. The van der Waals surface area contributed by atoms with Crippen molar-refractivity contribution in [1.82, 2.24) is 14.5 Å². The van der Waals surface area contributed by atoms with E-state index in [0.717, 1.165) is 27.6 Å². The van der Waals surface area contributed by atoms with Gasteiger partial charge >= 0.3 is 6.03 Å². The van der Waals surface area contributed by atoms with Gasteiger partial charge in [-0.3, -0.25) is 0 Å². The zero-order chi connectivity index (χ0) is 19.3. The fraction of sp³-hybridized carbons (Fsp3) is 0.550. The number of hydrogen-bond acceptors (Lipinski definition) is 2. The summed E-state index contributed by atoms with van der Waals surface area (Å²) < 4.78 is 3.96. The molecular formula is C20H26Br2N4O. The summed E-state index contributed by atoms with van der Waals surface area (Å²) in [5.74, 6) is 0.553. The molecule has 0 saturated carbocycles.